The SMILES string of the molecule is C=C(S/C(N)=C\C)c1ccccc1OC. The summed E-state index contributed by atoms with van der Waals surface area (Å²) >= 11 is 1.45. The van der Waals surface area contributed by atoms with Gasteiger partial charge in [-0.05, 0) is 13.0 Å². The molecule has 80 valence electrons. The predicted molar refractivity (Wildman–Crippen MR) is 67.6 cm³/mol. The van der Waals surface area contributed by atoms with Gasteiger partial charge in [0.1, 0.15) is 5.75 Å². The number of hydrogen-bond donors (Lipinski definition) is 1. The molecule has 0 atom stereocenters. The Balaban J connectivity index is 2.91. The lowest BCUT2D eigenvalue weighted by Gasteiger charge is -2.10. The van der Waals surface area contributed by atoms with E-state index in [2.05, 4.69) is 6.58 Å². The third-order valence-electron chi connectivity index (χ3n) is 1.93. The van der Waals surface area contributed by atoms with Crippen LogP contribution in [-0.2, 0) is 0 Å². The fraction of sp³-hybridized carbons (Fsp3) is 0.167. The summed E-state index contributed by atoms with van der Waals surface area (Å²) in [5, 5.41) is 0.742. The summed E-state index contributed by atoms with van der Waals surface area (Å²) in [4.78, 5) is 0.892. The van der Waals surface area contributed by atoms with Gasteiger partial charge in [-0.1, -0.05) is 42.6 Å². The largest absolute Gasteiger partial charge is 0.496 e. The van der Waals surface area contributed by atoms with Gasteiger partial charge in [-0.3, -0.25) is 0 Å². The molecule has 0 heterocycles. The predicted octanol–water partition coefficient (Wildman–Crippen LogP) is 3.22. The molecule has 1 aromatic carbocycles. The minimum atomic E-state index is 0.742. The Hall–Kier alpha value is -1.35. The monoisotopic (exact) mass is 221 g/mol. The molecule has 0 aliphatic rings. The van der Waals surface area contributed by atoms with Crippen LogP contribution in [-0.4, -0.2) is 7.11 Å². The van der Waals surface area contributed by atoms with E-state index in [0.717, 1.165) is 21.2 Å². The minimum absolute atomic E-state index is 0.742. The van der Waals surface area contributed by atoms with Crippen LogP contribution in [0.2, 0.25) is 0 Å². The highest BCUT2D eigenvalue weighted by Gasteiger charge is 2.06. The van der Waals surface area contributed by atoms with Gasteiger partial charge in [0.15, 0.2) is 0 Å². The van der Waals surface area contributed by atoms with Crippen molar-refractivity contribution in [2.24, 2.45) is 5.73 Å². The van der Waals surface area contributed by atoms with E-state index in [0.29, 0.717) is 0 Å². The first-order valence-corrected chi connectivity index (χ1v) is 5.42. The first-order chi connectivity index (χ1) is 7.19. The third kappa shape index (κ3) is 3.06. The molecule has 0 saturated carbocycles. The van der Waals surface area contributed by atoms with Crippen LogP contribution in [0.3, 0.4) is 0 Å². The van der Waals surface area contributed by atoms with Gasteiger partial charge in [-0.15, -0.1) is 0 Å². The van der Waals surface area contributed by atoms with Gasteiger partial charge < -0.3 is 10.5 Å². The van der Waals surface area contributed by atoms with Gasteiger partial charge in [-0.2, -0.15) is 0 Å². The molecule has 1 rings (SSSR count). The van der Waals surface area contributed by atoms with Gasteiger partial charge in [0.25, 0.3) is 0 Å². The van der Waals surface area contributed by atoms with E-state index >= 15 is 0 Å². The molecule has 1 aromatic rings. The fourth-order valence-electron chi connectivity index (χ4n) is 1.13. The van der Waals surface area contributed by atoms with Gasteiger partial charge >= 0.3 is 0 Å². The zero-order chi connectivity index (χ0) is 11.3. The Bertz CT molecular complexity index is 385. The van der Waals surface area contributed by atoms with Gasteiger partial charge in [0.2, 0.25) is 0 Å². The summed E-state index contributed by atoms with van der Waals surface area (Å²) in [5.41, 5.74) is 6.71. The molecular formula is C12H15NOS. The Kier molecular flexibility index (Phi) is 4.31. The normalized spacial score (nSPS) is 11.2. The first-order valence-electron chi connectivity index (χ1n) is 4.61. The number of thioether (sulfide) groups is 1. The van der Waals surface area contributed by atoms with Crippen molar-refractivity contribution in [2.75, 3.05) is 7.11 Å². The van der Waals surface area contributed by atoms with E-state index < -0.39 is 0 Å². The van der Waals surface area contributed by atoms with E-state index in [1.807, 2.05) is 37.3 Å². The van der Waals surface area contributed by atoms with Crippen molar-refractivity contribution in [3.05, 3.63) is 47.5 Å². The van der Waals surface area contributed by atoms with Crippen molar-refractivity contribution in [3.63, 3.8) is 0 Å². The fourth-order valence-corrected chi connectivity index (χ4v) is 1.81. The number of benzene rings is 1. The van der Waals surface area contributed by atoms with Gasteiger partial charge in [-0.25, -0.2) is 0 Å². The minimum Gasteiger partial charge on any atom is -0.496 e. The van der Waals surface area contributed by atoms with E-state index in [4.69, 9.17) is 10.5 Å². The average molecular weight is 221 g/mol. The molecule has 0 unspecified atom stereocenters. The summed E-state index contributed by atoms with van der Waals surface area (Å²) in [7, 11) is 1.65. The molecule has 0 aliphatic carbocycles. The molecule has 3 heteroatoms. The van der Waals surface area contributed by atoms with Crippen LogP contribution < -0.4 is 10.5 Å². The van der Waals surface area contributed by atoms with E-state index in [9.17, 15) is 0 Å². The highest BCUT2D eigenvalue weighted by molar-refractivity contribution is 8.11. The molecule has 0 amide bonds. The summed E-state index contributed by atoms with van der Waals surface area (Å²) in [5.74, 6) is 0.818. The van der Waals surface area contributed by atoms with Crippen LogP contribution in [0.25, 0.3) is 4.91 Å². The number of nitrogens with two attached hydrogens (primary N) is 1. The van der Waals surface area contributed by atoms with Crippen LogP contribution in [0, 0.1) is 0 Å². The highest BCUT2D eigenvalue weighted by atomic mass is 32.2. The summed E-state index contributed by atoms with van der Waals surface area (Å²) in [6.07, 6.45) is 1.85. The number of allylic oxidation sites excluding steroid dienone is 1. The molecule has 0 radical (unpaired) electrons. The second-order valence-electron chi connectivity index (χ2n) is 2.92. The summed E-state index contributed by atoms with van der Waals surface area (Å²) in [6, 6.07) is 7.76. The number of rotatable bonds is 4. The molecule has 0 saturated heterocycles. The van der Waals surface area contributed by atoms with E-state index in [-0.39, 0.29) is 0 Å². The Morgan fingerprint density at radius 1 is 1.47 bits per heavy atom. The number of para-hydroxylation sites is 1. The standard InChI is InChI=1S/C12H15NOS/c1-4-12(13)15-9(2)10-7-5-6-8-11(10)14-3/h4-8H,2,13H2,1,3H3/b12-4-. The molecule has 0 aromatic heterocycles. The van der Waals surface area contributed by atoms with Gasteiger partial charge in [0.05, 0.1) is 12.1 Å². The van der Waals surface area contributed by atoms with Crippen molar-refractivity contribution in [2.45, 2.75) is 6.92 Å². The Morgan fingerprint density at radius 2 is 2.13 bits per heavy atom. The zero-order valence-electron chi connectivity index (χ0n) is 8.99. The number of ether oxygens (including phenoxy) is 1. The first kappa shape index (κ1) is 11.7. The summed E-state index contributed by atoms with van der Waals surface area (Å²) in [6.45, 7) is 5.88. The van der Waals surface area contributed by atoms with Crippen molar-refractivity contribution in [1.29, 1.82) is 0 Å². The van der Waals surface area contributed by atoms with Crippen LogP contribution in [0.5, 0.6) is 5.75 Å². The quantitative estimate of drug-likeness (QED) is 0.848. The molecular weight excluding hydrogens is 206 g/mol. The second kappa shape index (κ2) is 5.51. The average Bonchev–Trinajstić information content (AvgIpc) is 2.28. The lowest BCUT2D eigenvalue weighted by molar-refractivity contribution is 0.414. The topological polar surface area (TPSA) is 35.2 Å². The molecule has 0 aliphatic heterocycles. The van der Waals surface area contributed by atoms with E-state index in [1.54, 1.807) is 7.11 Å². The lowest BCUT2D eigenvalue weighted by Crippen LogP contribution is -1.93. The maximum atomic E-state index is 5.73. The molecule has 2 nitrogen and oxygen atoms in total. The summed E-state index contributed by atoms with van der Waals surface area (Å²) < 4.78 is 5.25. The highest BCUT2D eigenvalue weighted by Crippen LogP contribution is 2.34. The molecule has 0 fully saturated rings. The van der Waals surface area contributed by atoms with Crippen molar-refractivity contribution < 1.29 is 4.74 Å². The number of hydrogen-bond acceptors (Lipinski definition) is 3. The van der Waals surface area contributed by atoms with Crippen LogP contribution in [0.4, 0.5) is 0 Å². The Labute approximate surface area is 94.8 Å². The molecule has 15 heavy (non-hydrogen) atoms. The van der Waals surface area contributed by atoms with Crippen molar-refractivity contribution in [1.82, 2.24) is 0 Å². The van der Waals surface area contributed by atoms with E-state index in [1.165, 1.54) is 11.8 Å². The number of methoxy groups -OCH3 is 1. The second-order valence-corrected chi connectivity index (χ2v) is 4.08. The smallest absolute Gasteiger partial charge is 0.127 e. The van der Waals surface area contributed by atoms with Crippen LogP contribution in [0.15, 0.2) is 41.9 Å². The molecule has 0 bridgehead atoms. The Morgan fingerprint density at radius 3 is 2.73 bits per heavy atom. The lowest BCUT2D eigenvalue weighted by atomic mass is 10.2. The van der Waals surface area contributed by atoms with Crippen molar-refractivity contribution >= 4 is 16.7 Å². The zero-order valence-corrected chi connectivity index (χ0v) is 9.80. The third-order valence-corrected chi connectivity index (χ3v) is 2.87. The molecule has 0 spiro atoms. The van der Waals surface area contributed by atoms with Crippen LogP contribution in [0.1, 0.15) is 12.5 Å². The van der Waals surface area contributed by atoms with Crippen LogP contribution >= 0.6 is 11.8 Å². The molecule has 2 N–H and O–H groups in total. The maximum Gasteiger partial charge on any atom is 0.127 e. The van der Waals surface area contributed by atoms with Crippen molar-refractivity contribution in [3.8, 4) is 5.75 Å². The maximum absolute atomic E-state index is 5.73. The van der Waals surface area contributed by atoms with Gasteiger partial charge in [0, 0.05) is 10.5 Å².